The molecule has 4 heteroatoms. The summed E-state index contributed by atoms with van der Waals surface area (Å²) in [5.74, 6) is 0.211. The molecule has 1 aliphatic heterocycles. The van der Waals surface area contributed by atoms with Gasteiger partial charge in [0.1, 0.15) is 0 Å². The fourth-order valence-electron chi connectivity index (χ4n) is 4.68. The molecule has 1 amide bonds. The van der Waals surface area contributed by atoms with Crippen LogP contribution in [0.25, 0.3) is 0 Å². The van der Waals surface area contributed by atoms with E-state index in [1.807, 2.05) is 12.3 Å². The zero-order chi connectivity index (χ0) is 16.3. The Kier molecular flexibility index (Phi) is 5.00. The van der Waals surface area contributed by atoms with Gasteiger partial charge < -0.3 is 4.90 Å². The van der Waals surface area contributed by atoms with Crippen molar-refractivity contribution in [3.63, 3.8) is 0 Å². The lowest BCUT2D eigenvalue weighted by molar-refractivity contribution is -0.130. The van der Waals surface area contributed by atoms with Crippen LogP contribution in [0.15, 0.2) is 24.4 Å². The molecule has 1 aromatic rings. The lowest BCUT2D eigenvalue weighted by Crippen LogP contribution is -2.44. The van der Waals surface area contributed by atoms with Gasteiger partial charge in [0.15, 0.2) is 0 Å². The molecule has 1 atom stereocenters. The van der Waals surface area contributed by atoms with Crippen LogP contribution in [-0.4, -0.2) is 45.4 Å². The molecule has 2 heterocycles. The Balaban J connectivity index is 1.81. The maximum atomic E-state index is 12.0. The SMILES string of the molecule is CCN(C(C)=O)C1CN(Cc2ccccn2)C2(CCCCC2)C1. The van der Waals surface area contributed by atoms with Crippen molar-refractivity contribution in [3.8, 4) is 0 Å². The first kappa shape index (κ1) is 16.4. The highest BCUT2D eigenvalue weighted by Crippen LogP contribution is 2.43. The first-order valence-electron chi connectivity index (χ1n) is 9.07. The molecule has 0 N–H and O–H groups in total. The molecule has 1 spiro atoms. The maximum absolute atomic E-state index is 12.0. The number of aromatic nitrogens is 1. The highest BCUT2D eigenvalue weighted by atomic mass is 16.2. The zero-order valence-electron chi connectivity index (χ0n) is 14.5. The molecule has 2 fully saturated rings. The van der Waals surface area contributed by atoms with Gasteiger partial charge in [-0.1, -0.05) is 25.3 Å². The van der Waals surface area contributed by atoms with Crippen molar-refractivity contribution in [1.29, 1.82) is 0 Å². The Morgan fingerprint density at radius 2 is 2.13 bits per heavy atom. The largest absolute Gasteiger partial charge is 0.339 e. The Bertz CT molecular complexity index is 525. The zero-order valence-corrected chi connectivity index (χ0v) is 14.5. The molecule has 23 heavy (non-hydrogen) atoms. The van der Waals surface area contributed by atoms with Crippen molar-refractivity contribution in [3.05, 3.63) is 30.1 Å². The minimum atomic E-state index is 0.211. The molecular formula is C19H29N3O. The van der Waals surface area contributed by atoms with Gasteiger partial charge in [0.2, 0.25) is 5.91 Å². The van der Waals surface area contributed by atoms with Crippen molar-refractivity contribution in [2.75, 3.05) is 13.1 Å². The van der Waals surface area contributed by atoms with Crippen molar-refractivity contribution in [2.45, 2.75) is 70.5 Å². The number of pyridine rings is 1. The molecule has 0 radical (unpaired) electrons. The predicted molar refractivity (Wildman–Crippen MR) is 91.9 cm³/mol. The summed E-state index contributed by atoms with van der Waals surface area (Å²) in [6.07, 6.45) is 9.54. The second kappa shape index (κ2) is 7.00. The molecule has 2 aliphatic rings. The minimum Gasteiger partial charge on any atom is -0.339 e. The number of carbonyl (C=O) groups excluding carboxylic acids is 1. The second-order valence-corrected chi connectivity index (χ2v) is 7.15. The van der Waals surface area contributed by atoms with Crippen LogP contribution in [-0.2, 0) is 11.3 Å². The van der Waals surface area contributed by atoms with Gasteiger partial charge >= 0.3 is 0 Å². The monoisotopic (exact) mass is 315 g/mol. The number of likely N-dealkylation sites (tertiary alicyclic amines) is 1. The summed E-state index contributed by atoms with van der Waals surface area (Å²) in [6.45, 7) is 6.51. The summed E-state index contributed by atoms with van der Waals surface area (Å²) < 4.78 is 0. The van der Waals surface area contributed by atoms with Crippen LogP contribution >= 0.6 is 0 Å². The average molecular weight is 315 g/mol. The van der Waals surface area contributed by atoms with Crippen LogP contribution in [0.3, 0.4) is 0 Å². The lowest BCUT2D eigenvalue weighted by atomic mass is 9.79. The number of hydrogen-bond acceptors (Lipinski definition) is 3. The Morgan fingerprint density at radius 1 is 1.35 bits per heavy atom. The minimum absolute atomic E-state index is 0.211. The Morgan fingerprint density at radius 3 is 2.74 bits per heavy atom. The van der Waals surface area contributed by atoms with Gasteiger partial charge in [-0.25, -0.2) is 0 Å². The smallest absolute Gasteiger partial charge is 0.219 e. The summed E-state index contributed by atoms with van der Waals surface area (Å²) >= 11 is 0. The Labute approximate surface area is 139 Å². The van der Waals surface area contributed by atoms with Crippen molar-refractivity contribution < 1.29 is 4.79 Å². The molecule has 1 saturated heterocycles. The van der Waals surface area contributed by atoms with Gasteiger partial charge in [0.25, 0.3) is 0 Å². The first-order chi connectivity index (χ1) is 11.1. The van der Waals surface area contributed by atoms with Gasteiger partial charge in [0, 0.05) is 44.3 Å². The highest BCUT2D eigenvalue weighted by molar-refractivity contribution is 5.73. The molecule has 1 saturated carbocycles. The van der Waals surface area contributed by atoms with E-state index in [2.05, 4.69) is 33.8 Å². The van der Waals surface area contributed by atoms with Crippen LogP contribution in [0.1, 0.15) is 58.1 Å². The van der Waals surface area contributed by atoms with Crippen molar-refractivity contribution in [1.82, 2.24) is 14.8 Å². The van der Waals surface area contributed by atoms with Crippen LogP contribution in [0.4, 0.5) is 0 Å². The third-order valence-electron chi connectivity index (χ3n) is 5.77. The fourth-order valence-corrected chi connectivity index (χ4v) is 4.68. The number of carbonyl (C=O) groups is 1. The number of amides is 1. The summed E-state index contributed by atoms with van der Waals surface area (Å²) in [4.78, 5) is 21.2. The Hall–Kier alpha value is -1.42. The molecule has 1 aliphatic carbocycles. The van der Waals surface area contributed by atoms with Gasteiger partial charge in [-0.3, -0.25) is 14.7 Å². The maximum Gasteiger partial charge on any atom is 0.219 e. The topological polar surface area (TPSA) is 36.4 Å². The van der Waals surface area contributed by atoms with E-state index in [1.54, 1.807) is 6.92 Å². The molecule has 126 valence electrons. The van der Waals surface area contributed by atoms with E-state index < -0.39 is 0 Å². The van der Waals surface area contributed by atoms with Crippen molar-refractivity contribution in [2.24, 2.45) is 0 Å². The molecule has 4 nitrogen and oxygen atoms in total. The van der Waals surface area contributed by atoms with Crippen LogP contribution in [0.5, 0.6) is 0 Å². The first-order valence-corrected chi connectivity index (χ1v) is 9.07. The van der Waals surface area contributed by atoms with E-state index in [0.29, 0.717) is 6.04 Å². The number of rotatable bonds is 4. The van der Waals surface area contributed by atoms with Crippen molar-refractivity contribution >= 4 is 5.91 Å². The standard InChI is InChI=1S/C19H29N3O/c1-3-22(16(2)23)18-13-19(10-6-4-7-11-19)21(15-18)14-17-9-5-8-12-20-17/h5,8-9,12,18H,3-4,6-7,10-11,13-15H2,1-2H3. The third-order valence-corrected chi connectivity index (χ3v) is 5.77. The molecule has 1 unspecified atom stereocenters. The number of likely N-dealkylation sites (N-methyl/N-ethyl adjacent to an activating group) is 1. The predicted octanol–water partition coefficient (Wildman–Crippen LogP) is 3.23. The second-order valence-electron chi connectivity index (χ2n) is 7.15. The molecule has 1 aromatic heterocycles. The summed E-state index contributed by atoms with van der Waals surface area (Å²) in [5, 5.41) is 0. The highest BCUT2D eigenvalue weighted by Gasteiger charge is 2.47. The number of hydrogen-bond donors (Lipinski definition) is 0. The normalized spacial score (nSPS) is 24.0. The fraction of sp³-hybridized carbons (Fsp3) is 0.684. The van der Waals surface area contributed by atoms with Crippen LogP contribution < -0.4 is 0 Å². The number of nitrogens with zero attached hydrogens (tertiary/aromatic N) is 3. The van der Waals surface area contributed by atoms with E-state index in [9.17, 15) is 4.79 Å². The average Bonchev–Trinajstić information content (AvgIpc) is 2.87. The van der Waals surface area contributed by atoms with Gasteiger partial charge in [0.05, 0.1) is 5.69 Å². The third kappa shape index (κ3) is 3.42. The van der Waals surface area contributed by atoms with Crippen LogP contribution in [0, 0.1) is 0 Å². The van der Waals surface area contributed by atoms with Gasteiger partial charge in [-0.15, -0.1) is 0 Å². The van der Waals surface area contributed by atoms with E-state index in [4.69, 9.17) is 0 Å². The summed E-state index contributed by atoms with van der Waals surface area (Å²) in [5.41, 5.74) is 1.42. The van der Waals surface area contributed by atoms with E-state index in [1.165, 1.54) is 32.1 Å². The van der Waals surface area contributed by atoms with E-state index in [-0.39, 0.29) is 11.4 Å². The summed E-state index contributed by atoms with van der Waals surface area (Å²) in [7, 11) is 0. The lowest BCUT2D eigenvalue weighted by Gasteiger charge is -2.41. The van der Waals surface area contributed by atoms with Crippen LogP contribution in [0.2, 0.25) is 0 Å². The van der Waals surface area contributed by atoms with E-state index >= 15 is 0 Å². The molecule has 0 bridgehead atoms. The van der Waals surface area contributed by atoms with E-state index in [0.717, 1.165) is 31.7 Å². The van der Waals surface area contributed by atoms with Gasteiger partial charge in [-0.05, 0) is 38.3 Å². The molecule has 3 rings (SSSR count). The van der Waals surface area contributed by atoms with Gasteiger partial charge in [-0.2, -0.15) is 0 Å². The summed E-state index contributed by atoms with van der Waals surface area (Å²) in [6, 6.07) is 6.52. The quantitative estimate of drug-likeness (QED) is 0.856. The molecule has 0 aromatic carbocycles. The molecular weight excluding hydrogens is 286 g/mol.